The van der Waals surface area contributed by atoms with E-state index in [-0.39, 0.29) is 0 Å². The van der Waals surface area contributed by atoms with E-state index in [9.17, 15) is 0 Å². The molecule has 0 saturated carbocycles. The maximum Gasteiger partial charge on any atom is 0.0185 e. The van der Waals surface area contributed by atoms with Gasteiger partial charge in [0.25, 0.3) is 0 Å². The molecule has 2 aliphatic rings. The third-order valence-electron chi connectivity index (χ3n) is 3.63. The van der Waals surface area contributed by atoms with Gasteiger partial charge in [-0.25, -0.2) is 0 Å². The molecule has 1 N–H and O–H groups in total. The standard InChI is InChI=1S/C9H17N/c1-7-6-8(2)4-5-9(7,3)10-8/h7,10H,4-6H2,1-3H3/t7?,8-,9+/m0/s1. The van der Waals surface area contributed by atoms with Gasteiger partial charge in [-0.1, -0.05) is 6.92 Å². The van der Waals surface area contributed by atoms with Crippen LogP contribution in [-0.4, -0.2) is 11.1 Å². The summed E-state index contributed by atoms with van der Waals surface area (Å²) in [5, 5.41) is 3.73. The minimum absolute atomic E-state index is 0.481. The molecule has 10 heavy (non-hydrogen) atoms. The second-order valence-electron chi connectivity index (χ2n) is 4.71. The van der Waals surface area contributed by atoms with Gasteiger partial charge in [0.1, 0.15) is 0 Å². The molecule has 0 aromatic carbocycles. The van der Waals surface area contributed by atoms with Crippen LogP contribution >= 0.6 is 0 Å². The molecule has 0 aromatic heterocycles. The highest BCUT2D eigenvalue weighted by Crippen LogP contribution is 2.47. The zero-order chi connectivity index (χ0) is 7.41. The van der Waals surface area contributed by atoms with Crippen LogP contribution in [-0.2, 0) is 0 Å². The molecule has 1 unspecified atom stereocenters. The fraction of sp³-hybridized carbons (Fsp3) is 1.00. The van der Waals surface area contributed by atoms with Crippen LogP contribution in [0.15, 0.2) is 0 Å². The highest BCUT2D eigenvalue weighted by atomic mass is 15.1. The van der Waals surface area contributed by atoms with Crippen molar-refractivity contribution in [1.82, 2.24) is 5.32 Å². The maximum atomic E-state index is 3.73. The molecule has 0 aliphatic carbocycles. The Morgan fingerprint density at radius 3 is 2.20 bits per heavy atom. The highest BCUT2D eigenvalue weighted by Gasteiger charge is 2.52. The zero-order valence-corrected chi connectivity index (χ0v) is 7.20. The van der Waals surface area contributed by atoms with Crippen molar-refractivity contribution in [3.8, 4) is 0 Å². The van der Waals surface area contributed by atoms with Crippen LogP contribution in [0.2, 0.25) is 0 Å². The molecule has 2 bridgehead atoms. The lowest BCUT2D eigenvalue weighted by atomic mass is 9.77. The van der Waals surface area contributed by atoms with Gasteiger partial charge < -0.3 is 5.32 Å². The molecule has 2 heterocycles. The summed E-state index contributed by atoms with van der Waals surface area (Å²) in [7, 11) is 0. The van der Waals surface area contributed by atoms with Crippen LogP contribution in [0.4, 0.5) is 0 Å². The summed E-state index contributed by atoms with van der Waals surface area (Å²) in [6, 6.07) is 0. The van der Waals surface area contributed by atoms with Crippen LogP contribution in [0.5, 0.6) is 0 Å². The Bertz CT molecular complexity index is 166. The molecule has 0 radical (unpaired) electrons. The van der Waals surface area contributed by atoms with Crippen LogP contribution in [0.25, 0.3) is 0 Å². The van der Waals surface area contributed by atoms with Crippen molar-refractivity contribution in [3.63, 3.8) is 0 Å². The van der Waals surface area contributed by atoms with Crippen molar-refractivity contribution in [3.05, 3.63) is 0 Å². The van der Waals surface area contributed by atoms with E-state index in [0.717, 1.165) is 5.92 Å². The van der Waals surface area contributed by atoms with Gasteiger partial charge >= 0.3 is 0 Å². The van der Waals surface area contributed by atoms with Gasteiger partial charge in [0, 0.05) is 11.1 Å². The normalized spacial score (nSPS) is 59.7. The van der Waals surface area contributed by atoms with E-state index >= 15 is 0 Å². The molecule has 1 nitrogen and oxygen atoms in total. The molecular formula is C9H17N. The molecule has 58 valence electrons. The first-order valence-electron chi connectivity index (χ1n) is 4.33. The third kappa shape index (κ3) is 0.672. The largest absolute Gasteiger partial charge is 0.306 e. The smallest absolute Gasteiger partial charge is 0.0185 e. The summed E-state index contributed by atoms with van der Waals surface area (Å²) in [5.41, 5.74) is 0.975. The molecule has 2 saturated heterocycles. The number of hydrogen-bond donors (Lipinski definition) is 1. The van der Waals surface area contributed by atoms with Gasteiger partial charge in [-0.05, 0) is 39.0 Å². The predicted octanol–water partition coefficient (Wildman–Crippen LogP) is 1.93. The quantitative estimate of drug-likeness (QED) is 0.540. The summed E-state index contributed by atoms with van der Waals surface area (Å²) < 4.78 is 0. The lowest BCUT2D eigenvalue weighted by Gasteiger charge is -2.27. The number of fused-ring (bicyclic) bond motifs is 2. The van der Waals surface area contributed by atoms with Gasteiger partial charge in [0.15, 0.2) is 0 Å². The van der Waals surface area contributed by atoms with E-state index in [1.165, 1.54) is 19.3 Å². The molecule has 3 atom stereocenters. The second-order valence-corrected chi connectivity index (χ2v) is 4.71. The molecule has 2 fully saturated rings. The SMILES string of the molecule is CC1C[C@]2(C)CC[C@@]1(C)N2. The summed E-state index contributed by atoms with van der Waals surface area (Å²) in [5.74, 6) is 0.881. The minimum atomic E-state index is 0.481. The van der Waals surface area contributed by atoms with Crippen molar-refractivity contribution in [1.29, 1.82) is 0 Å². The van der Waals surface area contributed by atoms with Gasteiger partial charge in [0.2, 0.25) is 0 Å². The van der Waals surface area contributed by atoms with E-state index in [2.05, 4.69) is 26.1 Å². The second kappa shape index (κ2) is 1.58. The molecule has 2 aliphatic heterocycles. The Kier molecular flexibility index (Phi) is 1.05. The summed E-state index contributed by atoms with van der Waals surface area (Å²) >= 11 is 0. The number of rotatable bonds is 0. The van der Waals surface area contributed by atoms with Gasteiger partial charge in [0.05, 0.1) is 0 Å². The van der Waals surface area contributed by atoms with Gasteiger partial charge in [-0.2, -0.15) is 0 Å². The summed E-state index contributed by atoms with van der Waals surface area (Å²) in [6.07, 6.45) is 4.14. The van der Waals surface area contributed by atoms with Crippen molar-refractivity contribution in [2.24, 2.45) is 5.92 Å². The molecule has 0 amide bonds. The highest BCUT2D eigenvalue weighted by molar-refractivity contribution is 5.12. The van der Waals surface area contributed by atoms with Crippen molar-refractivity contribution >= 4 is 0 Å². The average molecular weight is 139 g/mol. The minimum Gasteiger partial charge on any atom is -0.306 e. The molecule has 1 heteroatoms. The lowest BCUT2D eigenvalue weighted by molar-refractivity contribution is 0.306. The van der Waals surface area contributed by atoms with Crippen molar-refractivity contribution in [2.75, 3.05) is 0 Å². The van der Waals surface area contributed by atoms with E-state index in [1.807, 2.05) is 0 Å². The zero-order valence-electron chi connectivity index (χ0n) is 7.20. The molecule has 0 aromatic rings. The van der Waals surface area contributed by atoms with Crippen LogP contribution in [0.1, 0.15) is 40.0 Å². The first-order valence-corrected chi connectivity index (χ1v) is 4.33. The summed E-state index contributed by atoms with van der Waals surface area (Å²) in [4.78, 5) is 0. The topological polar surface area (TPSA) is 12.0 Å². The first-order chi connectivity index (χ1) is 4.54. The average Bonchev–Trinajstić information content (AvgIpc) is 2.17. The van der Waals surface area contributed by atoms with Crippen molar-refractivity contribution < 1.29 is 0 Å². The Labute approximate surface area is 63.2 Å². The van der Waals surface area contributed by atoms with Gasteiger partial charge in [-0.3, -0.25) is 0 Å². The Balaban J connectivity index is 2.28. The van der Waals surface area contributed by atoms with Crippen LogP contribution in [0, 0.1) is 5.92 Å². The van der Waals surface area contributed by atoms with Crippen LogP contribution < -0.4 is 5.32 Å². The molecule has 2 rings (SSSR count). The van der Waals surface area contributed by atoms with Gasteiger partial charge in [-0.15, -0.1) is 0 Å². The fourth-order valence-corrected chi connectivity index (χ4v) is 2.77. The van der Waals surface area contributed by atoms with Crippen LogP contribution in [0.3, 0.4) is 0 Å². The Hall–Kier alpha value is -0.0400. The van der Waals surface area contributed by atoms with E-state index in [0.29, 0.717) is 11.1 Å². The molecular weight excluding hydrogens is 122 g/mol. The Morgan fingerprint density at radius 2 is 2.00 bits per heavy atom. The van der Waals surface area contributed by atoms with Crippen molar-refractivity contribution in [2.45, 2.75) is 51.1 Å². The molecule has 0 spiro atoms. The van der Waals surface area contributed by atoms with E-state index < -0.39 is 0 Å². The monoisotopic (exact) mass is 139 g/mol. The first kappa shape index (κ1) is 6.66. The number of nitrogens with one attached hydrogen (secondary N) is 1. The van der Waals surface area contributed by atoms with E-state index in [1.54, 1.807) is 0 Å². The van der Waals surface area contributed by atoms with E-state index in [4.69, 9.17) is 0 Å². The maximum absolute atomic E-state index is 3.73. The number of hydrogen-bond acceptors (Lipinski definition) is 1. The fourth-order valence-electron chi connectivity index (χ4n) is 2.77. The predicted molar refractivity (Wildman–Crippen MR) is 43.0 cm³/mol. The third-order valence-corrected chi connectivity index (χ3v) is 3.63. The Morgan fingerprint density at radius 1 is 1.30 bits per heavy atom. The lowest BCUT2D eigenvalue weighted by Crippen LogP contribution is -2.39. The summed E-state index contributed by atoms with van der Waals surface area (Å²) in [6.45, 7) is 7.11.